The minimum absolute atomic E-state index is 0.0499. The van der Waals surface area contributed by atoms with Gasteiger partial charge in [-0.3, -0.25) is 4.79 Å². The molecule has 1 aromatic heterocycles. The van der Waals surface area contributed by atoms with Gasteiger partial charge in [-0.25, -0.2) is 9.67 Å². The highest BCUT2D eigenvalue weighted by molar-refractivity contribution is 5.93. The van der Waals surface area contributed by atoms with E-state index in [4.69, 9.17) is 5.73 Å². The van der Waals surface area contributed by atoms with Gasteiger partial charge >= 0.3 is 0 Å². The topological polar surface area (TPSA) is 85.8 Å². The van der Waals surface area contributed by atoms with Crippen molar-refractivity contribution in [2.45, 2.75) is 0 Å². The van der Waals surface area contributed by atoms with Crippen molar-refractivity contribution in [2.75, 3.05) is 11.9 Å². The summed E-state index contributed by atoms with van der Waals surface area (Å²) in [6.45, 7) is -0.0499. The molecule has 0 aliphatic heterocycles. The van der Waals surface area contributed by atoms with E-state index < -0.39 is 0 Å². The number of hydrogen-bond acceptors (Lipinski definition) is 4. The van der Waals surface area contributed by atoms with E-state index in [-0.39, 0.29) is 12.5 Å². The van der Waals surface area contributed by atoms with Gasteiger partial charge in [-0.05, 0) is 12.1 Å². The molecular weight excluding hydrogens is 206 g/mol. The molecule has 82 valence electrons. The summed E-state index contributed by atoms with van der Waals surface area (Å²) in [4.78, 5) is 15.1. The molecule has 2 aromatic rings. The first-order chi connectivity index (χ1) is 7.81. The summed E-state index contributed by atoms with van der Waals surface area (Å²) in [5, 5.41) is 6.70. The Morgan fingerprint density at radius 3 is 2.94 bits per heavy atom. The fraction of sp³-hybridized carbons (Fsp3) is 0.100. The summed E-state index contributed by atoms with van der Waals surface area (Å²) in [6, 6.07) is 7.30. The smallest absolute Gasteiger partial charge is 0.238 e. The Kier molecular flexibility index (Phi) is 2.93. The summed E-state index contributed by atoms with van der Waals surface area (Å²) < 4.78 is 1.58. The number of amides is 1. The van der Waals surface area contributed by atoms with Crippen LogP contribution in [0.1, 0.15) is 0 Å². The van der Waals surface area contributed by atoms with Gasteiger partial charge in [-0.1, -0.05) is 12.1 Å². The molecule has 16 heavy (non-hydrogen) atoms. The highest BCUT2D eigenvalue weighted by Crippen LogP contribution is 2.18. The molecule has 0 radical (unpaired) electrons. The lowest BCUT2D eigenvalue weighted by Gasteiger charge is -2.09. The molecule has 0 aliphatic carbocycles. The van der Waals surface area contributed by atoms with E-state index in [0.717, 1.165) is 5.69 Å². The van der Waals surface area contributed by atoms with E-state index in [2.05, 4.69) is 15.4 Å². The maximum absolute atomic E-state index is 11.2. The van der Waals surface area contributed by atoms with Crippen molar-refractivity contribution in [3.8, 4) is 5.69 Å². The standard InChI is InChI=1S/C10H11N5O/c11-5-10(16)14-8-3-1-2-4-9(8)15-7-12-6-13-15/h1-4,6-7H,5,11H2,(H,14,16). The van der Waals surface area contributed by atoms with Crippen molar-refractivity contribution in [1.82, 2.24) is 14.8 Å². The van der Waals surface area contributed by atoms with Gasteiger partial charge in [0, 0.05) is 0 Å². The Balaban J connectivity index is 2.35. The van der Waals surface area contributed by atoms with Crippen LogP contribution in [0.15, 0.2) is 36.9 Å². The number of hydrogen-bond donors (Lipinski definition) is 2. The van der Waals surface area contributed by atoms with Crippen molar-refractivity contribution in [2.24, 2.45) is 5.73 Å². The molecule has 0 bridgehead atoms. The second kappa shape index (κ2) is 4.54. The third kappa shape index (κ3) is 2.06. The molecule has 0 unspecified atom stereocenters. The maximum atomic E-state index is 11.2. The average molecular weight is 217 g/mol. The van der Waals surface area contributed by atoms with Crippen LogP contribution in [0.3, 0.4) is 0 Å². The second-order valence-corrected chi connectivity index (χ2v) is 3.11. The predicted octanol–water partition coefficient (Wildman–Crippen LogP) is 0.164. The molecule has 3 N–H and O–H groups in total. The van der Waals surface area contributed by atoms with Gasteiger partial charge in [0.2, 0.25) is 5.91 Å². The van der Waals surface area contributed by atoms with Crippen LogP contribution in [0.5, 0.6) is 0 Å². The number of para-hydroxylation sites is 2. The Bertz CT molecular complexity index is 480. The Morgan fingerprint density at radius 1 is 1.44 bits per heavy atom. The molecule has 1 aromatic carbocycles. The van der Waals surface area contributed by atoms with E-state index >= 15 is 0 Å². The molecule has 2 rings (SSSR count). The number of rotatable bonds is 3. The summed E-state index contributed by atoms with van der Waals surface area (Å²) in [5.41, 5.74) is 6.65. The van der Waals surface area contributed by atoms with E-state index in [1.807, 2.05) is 18.2 Å². The quantitative estimate of drug-likeness (QED) is 0.767. The molecule has 0 aliphatic rings. The molecule has 0 atom stereocenters. The van der Waals surface area contributed by atoms with Crippen molar-refractivity contribution in [1.29, 1.82) is 0 Å². The predicted molar refractivity (Wildman–Crippen MR) is 59.0 cm³/mol. The SMILES string of the molecule is NCC(=O)Nc1ccccc1-n1cncn1. The van der Waals surface area contributed by atoms with Crippen LogP contribution in [0.25, 0.3) is 5.69 Å². The number of anilines is 1. The van der Waals surface area contributed by atoms with Crippen LogP contribution in [-0.2, 0) is 4.79 Å². The molecular formula is C10H11N5O. The second-order valence-electron chi connectivity index (χ2n) is 3.11. The summed E-state index contributed by atoms with van der Waals surface area (Å²) >= 11 is 0. The van der Waals surface area contributed by atoms with Crippen molar-refractivity contribution in [3.63, 3.8) is 0 Å². The van der Waals surface area contributed by atoms with Crippen LogP contribution in [-0.4, -0.2) is 27.2 Å². The van der Waals surface area contributed by atoms with Gasteiger partial charge in [-0.2, -0.15) is 5.10 Å². The lowest BCUT2D eigenvalue weighted by atomic mass is 10.2. The van der Waals surface area contributed by atoms with Gasteiger partial charge < -0.3 is 11.1 Å². The normalized spacial score (nSPS) is 10.1. The van der Waals surface area contributed by atoms with Crippen LogP contribution in [0.2, 0.25) is 0 Å². The third-order valence-electron chi connectivity index (χ3n) is 2.03. The first-order valence-corrected chi connectivity index (χ1v) is 4.75. The molecule has 0 fully saturated rings. The number of benzene rings is 1. The molecule has 6 heteroatoms. The van der Waals surface area contributed by atoms with Crippen molar-refractivity contribution >= 4 is 11.6 Å². The number of nitrogens with zero attached hydrogens (tertiary/aromatic N) is 3. The molecule has 0 spiro atoms. The lowest BCUT2D eigenvalue weighted by Crippen LogP contribution is -2.22. The highest BCUT2D eigenvalue weighted by Gasteiger charge is 2.06. The summed E-state index contributed by atoms with van der Waals surface area (Å²) in [5.74, 6) is -0.243. The minimum atomic E-state index is -0.243. The zero-order valence-electron chi connectivity index (χ0n) is 8.50. The Morgan fingerprint density at radius 2 is 2.25 bits per heavy atom. The van der Waals surface area contributed by atoms with Gasteiger partial charge in [0.15, 0.2) is 0 Å². The van der Waals surface area contributed by atoms with Gasteiger partial charge in [-0.15, -0.1) is 0 Å². The number of aromatic nitrogens is 3. The van der Waals surface area contributed by atoms with Gasteiger partial charge in [0.05, 0.1) is 17.9 Å². The molecule has 1 heterocycles. The third-order valence-corrected chi connectivity index (χ3v) is 2.03. The van der Waals surface area contributed by atoms with Crippen LogP contribution < -0.4 is 11.1 Å². The number of nitrogens with one attached hydrogen (secondary N) is 1. The fourth-order valence-electron chi connectivity index (χ4n) is 1.31. The first kappa shape index (κ1) is 10.3. The Hall–Kier alpha value is -2.21. The summed E-state index contributed by atoms with van der Waals surface area (Å²) in [6.07, 6.45) is 3.00. The van der Waals surface area contributed by atoms with Crippen LogP contribution in [0, 0.1) is 0 Å². The minimum Gasteiger partial charge on any atom is -0.323 e. The van der Waals surface area contributed by atoms with Crippen molar-refractivity contribution in [3.05, 3.63) is 36.9 Å². The van der Waals surface area contributed by atoms with Crippen LogP contribution in [0.4, 0.5) is 5.69 Å². The van der Waals surface area contributed by atoms with E-state index in [1.165, 1.54) is 6.33 Å². The zero-order chi connectivity index (χ0) is 11.4. The summed E-state index contributed by atoms with van der Waals surface area (Å²) in [7, 11) is 0. The van der Waals surface area contributed by atoms with Crippen molar-refractivity contribution < 1.29 is 4.79 Å². The largest absolute Gasteiger partial charge is 0.323 e. The lowest BCUT2D eigenvalue weighted by molar-refractivity contribution is -0.114. The molecule has 0 saturated carbocycles. The van der Waals surface area contributed by atoms with E-state index in [9.17, 15) is 4.79 Å². The van der Waals surface area contributed by atoms with Crippen LogP contribution >= 0.6 is 0 Å². The average Bonchev–Trinajstić information content (AvgIpc) is 2.83. The monoisotopic (exact) mass is 217 g/mol. The first-order valence-electron chi connectivity index (χ1n) is 4.75. The number of nitrogens with two attached hydrogens (primary N) is 1. The van der Waals surface area contributed by atoms with E-state index in [1.54, 1.807) is 17.1 Å². The molecule has 0 saturated heterocycles. The zero-order valence-corrected chi connectivity index (χ0v) is 8.50. The van der Waals surface area contributed by atoms with Gasteiger partial charge in [0.1, 0.15) is 12.7 Å². The molecule has 6 nitrogen and oxygen atoms in total. The highest BCUT2D eigenvalue weighted by atomic mass is 16.1. The van der Waals surface area contributed by atoms with E-state index in [0.29, 0.717) is 5.69 Å². The number of carbonyl (C=O) groups excluding carboxylic acids is 1. The van der Waals surface area contributed by atoms with Gasteiger partial charge in [0.25, 0.3) is 0 Å². The maximum Gasteiger partial charge on any atom is 0.238 e. The molecule has 1 amide bonds. The fourth-order valence-corrected chi connectivity index (χ4v) is 1.31. The number of carbonyl (C=O) groups is 1. The Labute approximate surface area is 92.1 Å².